The van der Waals surface area contributed by atoms with Crippen LogP contribution in [0, 0.1) is 17.6 Å². The van der Waals surface area contributed by atoms with Crippen molar-refractivity contribution < 1.29 is 18.7 Å². The number of nitrogens with one attached hydrogen (secondary N) is 1. The van der Waals surface area contributed by atoms with Gasteiger partial charge in [0.25, 0.3) is 0 Å². The zero-order valence-corrected chi connectivity index (χ0v) is 11.7. The monoisotopic (exact) mass is 285 g/mol. The molecule has 1 unspecified atom stereocenters. The van der Waals surface area contributed by atoms with Crippen LogP contribution in [0.25, 0.3) is 0 Å². The molecule has 0 radical (unpaired) electrons. The van der Waals surface area contributed by atoms with Crippen molar-refractivity contribution >= 4 is 5.91 Å². The third kappa shape index (κ3) is 5.65. The van der Waals surface area contributed by atoms with Gasteiger partial charge in [0.2, 0.25) is 5.91 Å². The maximum Gasteiger partial charge on any atom is 0.224 e. The van der Waals surface area contributed by atoms with Crippen molar-refractivity contribution in [3.8, 4) is 0 Å². The summed E-state index contributed by atoms with van der Waals surface area (Å²) in [6.07, 6.45) is 2.60. The summed E-state index contributed by atoms with van der Waals surface area (Å²) >= 11 is 0. The van der Waals surface area contributed by atoms with Crippen LogP contribution in [-0.2, 0) is 11.2 Å². The molecule has 5 heteroatoms. The molecule has 2 N–H and O–H groups in total. The van der Waals surface area contributed by atoms with Gasteiger partial charge in [-0.25, -0.2) is 8.78 Å². The van der Waals surface area contributed by atoms with E-state index in [9.17, 15) is 13.6 Å². The van der Waals surface area contributed by atoms with Crippen LogP contribution in [0.1, 0.15) is 31.7 Å². The average molecular weight is 285 g/mol. The second-order valence-electron chi connectivity index (χ2n) is 4.90. The molecule has 112 valence electrons. The Bertz CT molecular complexity index is 432. The van der Waals surface area contributed by atoms with E-state index in [1.54, 1.807) is 0 Å². The molecule has 0 aliphatic rings. The second-order valence-corrected chi connectivity index (χ2v) is 4.90. The topological polar surface area (TPSA) is 49.3 Å². The fourth-order valence-corrected chi connectivity index (χ4v) is 2.09. The van der Waals surface area contributed by atoms with E-state index in [1.807, 2.05) is 6.92 Å². The highest BCUT2D eigenvalue weighted by atomic mass is 19.2. The molecule has 0 aromatic heterocycles. The molecule has 0 fully saturated rings. The van der Waals surface area contributed by atoms with Gasteiger partial charge in [-0.3, -0.25) is 4.79 Å². The van der Waals surface area contributed by atoms with Crippen LogP contribution in [-0.4, -0.2) is 24.2 Å². The molecule has 0 aliphatic carbocycles. The first-order valence-corrected chi connectivity index (χ1v) is 6.88. The van der Waals surface area contributed by atoms with Gasteiger partial charge >= 0.3 is 0 Å². The first-order valence-electron chi connectivity index (χ1n) is 6.88. The first-order chi connectivity index (χ1) is 9.56. The normalized spacial score (nSPS) is 12.2. The number of benzene rings is 1. The smallest absolute Gasteiger partial charge is 0.224 e. The second kappa shape index (κ2) is 8.64. The largest absolute Gasteiger partial charge is 0.396 e. The van der Waals surface area contributed by atoms with Gasteiger partial charge in [0.15, 0.2) is 11.6 Å². The number of carbonyl (C=O) groups excluding carboxylic acids is 1. The molecule has 20 heavy (non-hydrogen) atoms. The van der Waals surface area contributed by atoms with Crippen molar-refractivity contribution in [2.24, 2.45) is 5.92 Å². The third-order valence-electron chi connectivity index (χ3n) is 3.17. The molecular formula is C15H21F2NO2. The van der Waals surface area contributed by atoms with Crippen molar-refractivity contribution in [3.63, 3.8) is 0 Å². The van der Waals surface area contributed by atoms with Gasteiger partial charge in [-0.15, -0.1) is 0 Å². The highest BCUT2D eigenvalue weighted by molar-refractivity contribution is 5.78. The molecule has 0 saturated carbocycles. The van der Waals surface area contributed by atoms with E-state index in [4.69, 9.17) is 5.11 Å². The van der Waals surface area contributed by atoms with E-state index >= 15 is 0 Å². The Hall–Kier alpha value is -1.49. The van der Waals surface area contributed by atoms with E-state index in [2.05, 4.69) is 5.32 Å². The Balaban J connectivity index is 2.44. The van der Waals surface area contributed by atoms with E-state index < -0.39 is 11.6 Å². The zero-order valence-electron chi connectivity index (χ0n) is 11.7. The van der Waals surface area contributed by atoms with Gasteiger partial charge in [-0.1, -0.05) is 19.4 Å². The van der Waals surface area contributed by atoms with Crippen LogP contribution in [0.2, 0.25) is 0 Å². The minimum Gasteiger partial charge on any atom is -0.396 e. The van der Waals surface area contributed by atoms with Crippen LogP contribution in [0.4, 0.5) is 8.78 Å². The number of carbonyl (C=O) groups is 1. The van der Waals surface area contributed by atoms with Crippen molar-refractivity contribution in [1.82, 2.24) is 5.32 Å². The highest BCUT2D eigenvalue weighted by Crippen LogP contribution is 2.11. The zero-order chi connectivity index (χ0) is 15.0. The van der Waals surface area contributed by atoms with E-state index in [0.29, 0.717) is 18.5 Å². The first kappa shape index (κ1) is 16.6. The molecule has 1 amide bonds. The van der Waals surface area contributed by atoms with Crippen molar-refractivity contribution in [3.05, 3.63) is 35.4 Å². The summed E-state index contributed by atoms with van der Waals surface area (Å²) < 4.78 is 25.8. The summed E-state index contributed by atoms with van der Waals surface area (Å²) in [5.41, 5.74) is 0.440. The van der Waals surface area contributed by atoms with Crippen LogP contribution in [0.15, 0.2) is 18.2 Å². The van der Waals surface area contributed by atoms with Gasteiger partial charge in [-0.2, -0.15) is 0 Å². The molecule has 1 aromatic rings. The number of halogens is 2. The SMILES string of the molecule is CCCC(CCO)CNC(=O)Cc1ccc(F)c(F)c1. The molecule has 0 saturated heterocycles. The fraction of sp³-hybridized carbons (Fsp3) is 0.533. The Kier molecular flexibility index (Phi) is 7.15. The van der Waals surface area contributed by atoms with Gasteiger partial charge in [0, 0.05) is 13.2 Å². The summed E-state index contributed by atoms with van der Waals surface area (Å²) in [4.78, 5) is 11.7. The van der Waals surface area contributed by atoms with Gasteiger partial charge in [0.05, 0.1) is 6.42 Å². The molecule has 1 aromatic carbocycles. The average Bonchev–Trinajstić information content (AvgIpc) is 2.41. The summed E-state index contributed by atoms with van der Waals surface area (Å²) in [6, 6.07) is 3.45. The standard InChI is InChI=1S/C15H21F2NO2/c1-2-3-11(6-7-19)10-18-15(20)9-12-4-5-13(16)14(17)8-12/h4-5,8,11,19H,2-3,6-7,9-10H2,1H3,(H,18,20). The number of hydrogen-bond donors (Lipinski definition) is 2. The molecule has 0 bridgehead atoms. The van der Waals surface area contributed by atoms with E-state index in [-0.39, 0.29) is 24.9 Å². The minimum absolute atomic E-state index is 0.0230. The molecule has 1 atom stereocenters. The Labute approximate surface area is 118 Å². The lowest BCUT2D eigenvalue weighted by Crippen LogP contribution is -2.31. The summed E-state index contributed by atoms with van der Waals surface area (Å²) in [5.74, 6) is -1.84. The van der Waals surface area contributed by atoms with Crippen LogP contribution >= 0.6 is 0 Å². The molecule has 0 spiro atoms. The molecular weight excluding hydrogens is 264 g/mol. The summed E-state index contributed by atoms with van der Waals surface area (Å²) in [5, 5.41) is 11.7. The Morgan fingerprint density at radius 2 is 2.05 bits per heavy atom. The number of hydrogen-bond acceptors (Lipinski definition) is 2. The lowest BCUT2D eigenvalue weighted by Gasteiger charge is -2.15. The molecule has 3 nitrogen and oxygen atoms in total. The summed E-state index contributed by atoms with van der Waals surface area (Å²) in [7, 11) is 0. The lowest BCUT2D eigenvalue weighted by atomic mass is 10.00. The Morgan fingerprint density at radius 1 is 1.30 bits per heavy atom. The minimum atomic E-state index is -0.945. The third-order valence-corrected chi connectivity index (χ3v) is 3.17. The fourth-order valence-electron chi connectivity index (χ4n) is 2.09. The van der Waals surface area contributed by atoms with Crippen molar-refractivity contribution in [1.29, 1.82) is 0 Å². The Morgan fingerprint density at radius 3 is 2.65 bits per heavy atom. The predicted octanol–water partition coefficient (Wildman–Crippen LogP) is 2.42. The van der Waals surface area contributed by atoms with E-state index in [1.165, 1.54) is 6.07 Å². The number of aliphatic hydroxyl groups is 1. The van der Waals surface area contributed by atoms with Gasteiger partial charge in [-0.05, 0) is 36.5 Å². The number of amides is 1. The molecule has 0 aliphatic heterocycles. The van der Waals surface area contributed by atoms with Crippen molar-refractivity contribution in [2.45, 2.75) is 32.6 Å². The number of rotatable bonds is 8. The number of aliphatic hydroxyl groups excluding tert-OH is 1. The molecule has 1 rings (SSSR count). The lowest BCUT2D eigenvalue weighted by molar-refractivity contribution is -0.120. The predicted molar refractivity (Wildman–Crippen MR) is 73.2 cm³/mol. The van der Waals surface area contributed by atoms with Crippen LogP contribution in [0.3, 0.4) is 0 Å². The van der Waals surface area contributed by atoms with Crippen molar-refractivity contribution in [2.75, 3.05) is 13.2 Å². The van der Waals surface area contributed by atoms with Crippen LogP contribution in [0.5, 0.6) is 0 Å². The highest BCUT2D eigenvalue weighted by Gasteiger charge is 2.11. The van der Waals surface area contributed by atoms with Gasteiger partial charge in [0.1, 0.15) is 0 Å². The molecule has 0 heterocycles. The maximum atomic E-state index is 13.0. The quantitative estimate of drug-likeness (QED) is 0.770. The van der Waals surface area contributed by atoms with Crippen LogP contribution < -0.4 is 5.32 Å². The summed E-state index contributed by atoms with van der Waals surface area (Å²) in [6.45, 7) is 2.65. The maximum absolute atomic E-state index is 13.0. The van der Waals surface area contributed by atoms with E-state index in [0.717, 1.165) is 25.0 Å². The van der Waals surface area contributed by atoms with Gasteiger partial charge < -0.3 is 10.4 Å².